The molecule has 0 saturated heterocycles. The zero-order valence-electron chi connectivity index (χ0n) is 14.3. The highest BCUT2D eigenvalue weighted by Gasteiger charge is 2.21. The standard InChI is InChI=1S/C17H19FN2O5/c1-10(11-5-6-15(23-2)17(7-11)25-4)19-13-9-16(24-3)12(18)8-14(13)20(21)22/h5-10,19H,1-4H3. The lowest BCUT2D eigenvalue weighted by Crippen LogP contribution is -2.09. The molecule has 0 fully saturated rings. The number of nitro groups is 1. The number of hydrogen-bond donors (Lipinski definition) is 1. The zero-order valence-corrected chi connectivity index (χ0v) is 14.3. The second-order valence-electron chi connectivity index (χ2n) is 5.24. The number of methoxy groups -OCH3 is 3. The number of ether oxygens (including phenoxy) is 3. The number of rotatable bonds is 7. The monoisotopic (exact) mass is 350 g/mol. The minimum Gasteiger partial charge on any atom is -0.494 e. The molecule has 8 heteroatoms. The van der Waals surface area contributed by atoms with Crippen LogP contribution in [0.5, 0.6) is 17.2 Å². The van der Waals surface area contributed by atoms with Gasteiger partial charge in [-0.15, -0.1) is 0 Å². The zero-order chi connectivity index (χ0) is 18.6. The fourth-order valence-electron chi connectivity index (χ4n) is 2.40. The van der Waals surface area contributed by atoms with Gasteiger partial charge in [-0.25, -0.2) is 4.39 Å². The fraction of sp³-hybridized carbons (Fsp3) is 0.294. The second kappa shape index (κ2) is 7.69. The molecule has 0 bridgehead atoms. The van der Waals surface area contributed by atoms with E-state index in [4.69, 9.17) is 14.2 Å². The number of nitro benzene ring substituents is 1. The van der Waals surface area contributed by atoms with E-state index >= 15 is 0 Å². The topological polar surface area (TPSA) is 82.9 Å². The molecular formula is C17H19FN2O5. The average molecular weight is 350 g/mol. The molecule has 0 aliphatic heterocycles. The SMILES string of the molecule is COc1cc(NC(C)c2ccc(OC)c(OC)c2)c([N+](=O)[O-])cc1F. The molecule has 0 aliphatic rings. The third kappa shape index (κ3) is 3.90. The molecule has 134 valence electrons. The smallest absolute Gasteiger partial charge is 0.295 e. The van der Waals surface area contributed by atoms with Gasteiger partial charge >= 0.3 is 0 Å². The van der Waals surface area contributed by atoms with Crippen LogP contribution in [0.15, 0.2) is 30.3 Å². The largest absolute Gasteiger partial charge is 0.494 e. The van der Waals surface area contributed by atoms with Crippen molar-refractivity contribution in [2.75, 3.05) is 26.6 Å². The minimum atomic E-state index is -0.793. The number of nitrogens with one attached hydrogen (secondary N) is 1. The molecule has 0 aliphatic carbocycles. The summed E-state index contributed by atoms with van der Waals surface area (Å²) in [5.74, 6) is 0.249. The number of hydrogen-bond acceptors (Lipinski definition) is 6. The molecule has 0 saturated carbocycles. The van der Waals surface area contributed by atoms with E-state index in [0.717, 1.165) is 11.6 Å². The van der Waals surface area contributed by atoms with E-state index in [1.807, 2.05) is 13.0 Å². The van der Waals surface area contributed by atoms with E-state index in [1.165, 1.54) is 27.4 Å². The molecule has 2 aromatic rings. The van der Waals surface area contributed by atoms with Crippen molar-refractivity contribution in [3.05, 3.63) is 51.8 Å². The van der Waals surface area contributed by atoms with Crippen LogP contribution in [0, 0.1) is 15.9 Å². The minimum absolute atomic E-state index is 0.0763. The molecule has 1 N–H and O–H groups in total. The van der Waals surface area contributed by atoms with Crippen molar-refractivity contribution in [3.63, 3.8) is 0 Å². The second-order valence-corrected chi connectivity index (χ2v) is 5.24. The van der Waals surface area contributed by atoms with Gasteiger partial charge in [-0.3, -0.25) is 10.1 Å². The van der Waals surface area contributed by atoms with Crippen molar-refractivity contribution in [2.24, 2.45) is 0 Å². The maximum Gasteiger partial charge on any atom is 0.295 e. The summed E-state index contributed by atoms with van der Waals surface area (Å²) in [5.41, 5.74) is 0.603. The maximum atomic E-state index is 13.7. The first-order valence-electron chi connectivity index (χ1n) is 7.41. The number of nitrogens with zero attached hydrogens (tertiary/aromatic N) is 1. The van der Waals surface area contributed by atoms with Crippen molar-refractivity contribution in [2.45, 2.75) is 13.0 Å². The predicted molar refractivity (Wildman–Crippen MR) is 91.2 cm³/mol. The quantitative estimate of drug-likeness (QED) is 0.602. The van der Waals surface area contributed by atoms with Crippen LogP contribution in [0.2, 0.25) is 0 Å². The maximum absolute atomic E-state index is 13.7. The Labute approximate surface area is 144 Å². The van der Waals surface area contributed by atoms with Crippen LogP contribution in [0.1, 0.15) is 18.5 Å². The molecular weight excluding hydrogens is 331 g/mol. The van der Waals surface area contributed by atoms with Crippen molar-refractivity contribution in [1.29, 1.82) is 0 Å². The Morgan fingerprint density at radius 1 is 1.04 bits per heavy atom. The van der Waals surface area contributed by atoms with E-state index in [0.29, 0.717) is 11.5 Å². The molecule has 0 heterocycles. The normalized spacial score (nSPS) is 11.6. The van der Waals surface area contributed by atoms with E-state index in [2.05, 4.69) is 5.32 Å². The van der Waals surface area contributed by atoms with Gasteiger partial charge in [-0.1, -0.05) is 6.07 Å². The van der Waals surface area contributed by atoms with Crippen LogP contribution in [0.25, 0.3) is 0 Å². The Morgan fingerprint density at radius 2 is 1.68 bits per heavy atom. The summed E-state index contributed by atoms with van der Waals surface area (Å²) in [4.78, 5) is 10.6. The average Bonchev–Trinajstić information content (AvgIpc) is 2.61. The summed E-state index contributed by atoms with van der Waals surface area (Å²) in [6.07, 6.45) is 0. The summed E-state index contributed by atoms with van der Waals surface area (Å²) in [6.45, 7) is 1.82. The Balaban J connectivity index is 2.37. The van der Waals surface area contributed by atoms with Gasteiger partial charge in [-0.2, -0.15) is 0 Å². The van der Waals surface area contributed by atoms with Gasteiger partial charge in [0.05, 0.1) is 32.3 Å². The first kappa shape index (κ1) is 18.3. The summed E-state index contributed by atoms with van der Waals surface area (Å²) < 4.78 is 29.1. The lowest BCUT2D eigenvalue weighted by atomic mass is 10.1. The van der Waals surface area contributed by atoms with Crippen molar-refractivity contribution < 1.29 is 23.5 Å². The highest BCUT2D eigenvalue weighted by molar-refractivity contribution is 5.65. The molecule has 1 unspecified atom stereocenters. The van der Waals surface area contributed by atoms with E-state index in [1.54, 1.807) is 12.1 Å². The first-order chi connectivity index (χ1) is 11.9. The molecule has 0 aromatic heterocycles. The first-order valence-corrected chi connectivity index (χ1v) is 7.41. The molecule has 0 amide bonds. The number of benzene rings is 2. The fourth-order valence-corrected chi connectivity index (χ4v) is 2.40. The molecule has 0 spiro atoms. The Morgan fingerprint density at radius 3 is 2.24 bits per heavy atom. The highest BCUT2D eigenvalue weighted by atomic mass is 19.1. The van der Waals surface area contributed by atoms with Crippen LogP contribution in [0.3, 0.4) is 0 Å². The Kier molecular flexibility index (Phi) is 5.63. The van der Waals surface area contributed by atoms with Gasteiger partial charge in [-0.05, 0) is 24.6 Å². The summed E-state index contributed by atoms with van der Waals surface area (Å²) >= 11 is 0. The Hall–Kier alpha value is -3.03. The van der Waals surface area contributed by atoms with Crippen LogP contribution in [-0.4, -0.2) is 26.3 Å². The molecule has 1 atom stereocenters. The molecule has 2 aromatic carbocycles. The van der Waals surface area contributed by atoms with Gasteiger partial charge in [0.15, 0.2) is 23.1 Å². The number of halogens is 1. The van der Waals surface area contributed by atoms with Crippen LogP contribution in [-0.2, 0) is 0 Å². The third-order valence-corrected chi connectivity index (χ3v) is 3.75. The number of anilines is 1. The molecule has 0 radical (unpaired) electrons. The van der Waals surface area contributed by atoms with Crippen LogP contribution < -0.4 is 19.5 Å². The van der Waals surface area contributed by atoms with E-state index in [-0.39, 0.29) is 23.2 Å². The van der Waals surface area contributed by atoms with Crippen molar-refractivity contribution >= 4 is 11.4 Å². The summed E-state index contributed by atoms with van der Waals surface area (Å²) in [5, 5.41) is 14.2. The van der Waals surface area contributed by atoms with Crippen molar-refractivity contribution in [3.8, 4) is 17.2 Å². The van der Waals surface area contributed by atoms with Gasteiger partial charge in [0, 0.05) is 12.1 Å². The van der Waals surface area contributed by atoms with Crippen LogP contribution >= 0.6 is 0 Å². The molecule has 2 rings (SSSR count). The lowest BCUT2D eigenvalue weighted by molar-refractivity contribution is -0.384. The summed E-state index contributed by atoms with van der Waals surface area (Å²) in [7, 11) is 4.36. The lowest BCUT2D eigenvalue weighted by Gasteiger charge is -2.18. The third-order valence-electron chi connectivity index (χ3n) is 3.75. The van der Waals surface area contributed by atoms with Crippen LogP contribution in [0.4, 0.5) is 15.8 Å². The molecule has 25 heavy (non-hydrogen) atoms. The molecule has 7 nitrogen and oxygen atoms in total. The van der Waals surface area contributed by atoms with E-state index < -0.39 is 10.7 Å². The van der Waals surface area contributed by atoms with Gasteiger partial charge < -0.3 is 19.5 Å². The Bertz CT molecular complexity index is 782. The van der Waals surface area contributed by atoms with E-state index in [9.17, 15) is 14.5 Å². The summed E-state index contributed by atoms with van der Waals surface area (Å²) in [6, 6.07) is 7.11. The highest BCUT2D eigenvalue weighted by Crippen LogP contribution is 2.35. The predicted octanol–water partition coefficient (Wildman–Crippen LogP) is 3.93. The van der Waals surface area contributed by atoms with Gasteiger partial charge in [0.25, 0.3) is 5.69 Å². The van der Waals surface area contributed by atoms with Gasteiger partial charge in [0.1, 0.15) is 5.69 Å². The van der Waals surface area contributed by atoms with Gasteiger partial charge in [0.2, 0.25) is 0 Å². The van der Waals surface area contributed by atoms with Crippen molar-refractivity contribution in [1.82, 2.24) is 0 Å².